The maximum absolute atomic E-state index is 12.6. The molecule has 0 saturated carbocycles. The molecule has 0 aromatic heterocycles. The van der Waals surface area contributed by atoms with E-state index in [1.54, 1.807) is 19.9 Å². The number of carbonyl (C=O) groups is 2. The quantitative estimate of drug-likeness (QED) is 0.606. The fourth-order valence-corrected chi connectivity index (χ4v) is 3.08. The van der Waals surface area contributed by atoms with Crippen LogP contribution in [0.15, 0.2) is 24.3 Å². The number of hydrogen-bond donors (Lipinski definition) is 0. The van der Waals surface area contributed by atoms with Crippen molar-refractivity contribution >= 4 is 11.8 Å². The van der Waals surface area contributed by atoms with E-state index in [-0.39, 0.29) is 11.2 Å². The minimum absolute atomic E-state index is 0.124. The van der Waals surface area contributed by atoms with E-state index in [2.05, 4.69) is 13.8 Å². The van der Waals surface area contributed by atoms with E-state index in [1.807, 2.05) is 18.2 Å². The molecule has 0 saturated heterocycles. The van der Waals surface area contributed by atoms with Crippen LogP contribution < -0.4 is 0 Å². The van der Waals surface area contributed by atoms with Crippen LogP contribution in [0, 0.1) is 5.41 Å². The Morgan fingerprint density at radius 3 is 2.53 bits per heavy atom. The van der Waals surface area contributed by atoms with Gasteiger partial charge in [0, 0.05) is 5.56 Å². The molecule has 1 aliphatic carbocycles. The van der Waals surface area contributed by atoms with Crippen LogP contribution >= 0.6 is 0 Å². The van der Waals surface area contributed by atoms with Crippen molar-refractivity contribution in [1.29, 1.82) is 0 Å². The van der Waals surface area contributed by atoms with Crippen LogP contribution in [-0.4, -0.2) is 18.4 Å². The minimum Gasteiger partial charge on any atom is -0.465 e. The number of ketones is 1. The summed E-state index contributed by atoms with van der Waals surface area (Å²) in [6.45, 7) is 7.88. The number of ether oxygens (including phenoxy) is 1. The third-order valence-corrected chi connectivity index (χ3v) is 3.92. The number of rotatable bonds is 2. The molecular weight excluding hydrogens is 240 g/mol. The second-order valence-electron chi connectivity index (χ2n) is 5.99. The van der Waals surface area contributed by atoms with Crippen molar-refractivity contribution in [1.82, 2.24) is 0 Å². The zero-order chi connectivity index (χ0) is 14.3. The predicted molar refractivity (Wildman–Crippen MR) is 73.2 cm³/mol. The monoisotopic (exact) mass is 260 g/mol. The first-order chi connectivity index (χ1) is 8.83. The molecule has 1 aromatic carbocycles. The largest absolute Gasteiger partial charge is 0.465 e. The van der Waals surface area contributed by atoms with Gasteiger partial charge in [0.05, 0.1) is 6.61 Å². The number of hydrogen-bond acceptors (Lipinski definition) is 3. The summed E-state index contributed by atoms with van der Waals surface area (Å²) in [7, 11) is 0. The second kappa shape index (κ2) is 4.48. The third kappa shape index (κ3) is 2.07. The van der Waals surface area contributed by atoms with Crippen molar-refractivity contribution in [3.05, 3.63) is 35.4 Å². The Labute approximate surface area is 114 Å². The Hall–Kier alpha value is -1.64. The maximum Gasteiger partial charge on any atom is 0.319 e. The highest BCUT2D eigenvalue weighted by Gasteiger charge is 2.51. The van der Waals surface area contributed by atoms with E-state index in [1.165, 1.54) is 0 Å². The van der Waals surface area contributed by atoms with E-state index in [0.29, 0.717) is 18.6 Å². The molecule has 2 rings (SSSR count). The van der Waals surface area contributed by atoms with Crippen molar-refractivity contribution in [2.75, 3.05) is 6.61 Å². The molecule has 0 heterocycles. The Kier molecular flexibility index (Phi) is 3.25. The summed E-state index contributed by atoms with van der Waals surface area (Å²) >= 11 is 0. The lowest BCUT2D eigenvalue weighted by Gasteiger charge is -2.41. The zero-order valence-electron chi connectivity index (χ0n) is 11.9. The van der Waals surface area contributed by atoms with Crippen LogP contribution in [-0.2, 0) is 14.9 Å². The predicted octanol–water partition coefficient (Wildman–Crippen LogP) is 3.12. The Bertz CT molecular complexity index is 531. The summed E-state index contributed by atoms with van der Waals surface area (Å²) in [6.07, 6.45) is 0.481. The number of benzene rings is 1. The van der Waals surface area contributed by atoms with E-state index < -0.39 is 11.4 Å². The summed E-state index contributed by atoms with van der Waals surface area (Å²) in [6, 6.07) is 7.54. The third-order valence-electron chi connectivity index (χ3n) is 3.92. The Balaban J connectivity index is 2.54. The van der Waals surface area contributed by atoms with Gasteiger partial charge in [0.15, 0.2) is 5.78 Å². The van der Waals surface area contributed by atoms with Crippen LogP contribution in [0.1, 0.15) is 50.0 Å². The fraction of sp³-hybridized carbons (Fsp3) is 0.500. The molecule has 0 amide bonds. The van der Waals surface area contributed by atoms with E-state index in [4.69, 9.17) is 4.74 Å². The lowest BCUT2D eigenvalue weighted by molar-refractivity contribution is -0.152. The molecule has 1 aliphatic rings. The summed E-state index contributed by atoms with van der Waals surface area (Å²) in [5.74, 6) is -0.538. The topological polar surface area (TPSA) is 43.4 Å². The molecule has 1 atom stereocenters. The lowest BCUT2D eigenvalue weighted by atomic mass is 9.61. The van der Waals surface area contributed by atoms with E-state index >= 15 is 0 Å². The normalized spacial score (nSPS) is 24.7. The van der Waals surface area contributed by atoms with E-state index in [9.17, 15) is 9.59 Å². The van der Waals surface area contributed by atoms with Gasteiger partial charge in [0.25, 0.3) is 0 Å². The summed E-state index contributed by atoms with van der Waals surface area (Å²) < 4.78 is 5.10. The standard InChI is InChI=1S/C16H20O3/c1-5-19-14(18)16(4)10-15(2,3)12-9-7-6-8-11(12)13(16)17/h6-9H,5,10H2,1-4H3/t16-/m0/s1. The van der Waals surface area contributed by atoms with Gasteiger partial charge in [-0.05, 0) is 31.2 Å². The Morgan fingerprint density at radius 1 is 1.26 bits per heavy atom. The van der Waals surface area contributed by atoms with Gasteiger partial charge in [-0.2, -0.15) is 0 Å². The van der Waals surface area contributed by atoms with Crippen LogP contribution in [0.5, 0.6) is 0 Å². The summed E-state index contributed by atoms with van der Waals surface area (Å²) in [5.41, 5.74) is 0.371. The van der Waals surface area contributed by atoms with Gasteiger partial charge >= 0.3 is 5.97 Å². The van der Waals surface area contributed by atoms with Gasteiger partial charge in [0.1, 0.15) is 5.41 Å². The van der Waals surface area contributed by atoms with E-state index in [0.717, 1.165) is 5.56 Å². The van der Waals surface area contributed by atoms with Gasteiger partial charge in [-0.3, -0.25) is 9.59 Å². The highest BCUT2D eigenvalue weighted by atomic mass is 16.5. The molecule has 3 heteroatoms. The van der Waals surface area contributed by atoms with Gasteiger partial charge in [-0.1, -0.05) is 38.1 Å². The molecule has 0 spiro atoms. The highest BCUT2D eigenvalue weighted by Crippen LogP contribution is 2.46. The molecule has 102 valence electrons. The number of Topliss-reactive ketones (excluding diaryl/α,β-unsaturated/α-hetero) is 1. The van der Waals surface area contributed by atoms with Gasteiger partial charge < -0.3 is 4.74 Å². The summed E-state index contributed by atoms with van der Waals surface area (Å²) in [5, 5.41) is 0. The minimum atomic E-state index is -1.08. The molecule has 0 unspecified atom stereocenters. The first-order valence-corrected chi connectivity index (χ1v) is 6.64. The second-order valence-corrected chi connectivity index (χ2v) is 5.99. The molecule has 0 bridgehead atoms. The average molecular weight is 260 g/mol. The van der Waals surface area contributed by atoms with Crippen molar-refractivity contribution in [2.45, 2.75) is 39.5 Å². The molecule has 1 aromatic rings. The SMILES string of the molecule is CCOC(=O)[C@@]1(C)CC(C)(C)c2ccccc2C1=O. The van der Waals surface area contributed by atoms with Gasteiger partial charge in [0.2, 0.25) is 0 Å². The Morgan fingerprint density at radius 2 is 1.89 bits per heavy atom. The lowest BCUT2D eigenvalue weighted by Crippen LogP contribution is -2.47. The van der Waals surface area contributed by atoms with Crippen LogP contribution in [0.4, 0.5) is 0 Å². The van der Waals surface area contributed by atoms with Crippen LogP contribution in [0.25, 0.3) is 0 Å². The molecule has 0 fully saturated rings. The van der Waals surface area contributed by atoms with Crippen LogP contribution in [0.2, 0.25) is 0 Å². The van der Waals surface area contributed by atoms with Crippen molar-refractivity contribution in [3.63, 3.8) is 0 Å². The van der Waals surface area contributed by atoms with Crippen molar-refractivity contribution in [2.24, 2.45) is 5.41 Å². The molecule has 19 heavy (non-hydrogen) atoms. The molecule has 0 radical (unpaired) electrons. The number of carbonyl (C=O) groups excluding carboxylic acids is 2. The molecular formula is C16H20O3. The average Bonchev–Trinajstić information content (AvgIpc) is 2.36. The number of esters is 1. The first-order valence-electron chi connectivity index (χ1n) is 6.64. The summed E-state index contributed by atoms with van der Waals surface area (Å²) in [4.78, 5) is 24.8. The van der Waals surface area contributed by atoms with Gasteiger partial charge in [-0.15, -0.1) is 0 Å². The van der Waals surface area contributed by atoms with Crippen LogP contribution in [0.3, 0.4) is 0 Å². The highest BCUT2D eigenvalue weighted by molar-refractivity contribution is 6.14. The first kappa shape index (κ1) is 13.8. The van der Waals surface area contributed by atoms with Crippen molar-refractivity contribution in [3.8, 4) is 0 Å². The smallest absolute Gasteiger partial charge is 0.319 e. The van der Waals surface area contributed by atoms with Gasteiger partial charge in [-0.25, -0.2) is 0 Å². The van der Waals surface area contributed by atoms with Crippen molar-refractivity contribution < 1.29 is 14.3 Å². The number of fused-ring (bicyclic) bond motifs is 1. The molecule has 0 N–H and O–H groups in total. The zero-order valence-corrected chi connectivity index (χ0v) is 11.9. The molecule has 3 nitrogen and oxygen atoms in total. The molecule has 0 aliphatic heterocycles. The fourth-order valence-electron chi connectivity index (χ4n) is 3.08. The maximum atomic E-state index is 12.6.